The molecule has 4 aromatic rings. The number of alkyl halides is 2. The number of hydrogen-bond donors (Lipinski definition) is 3. The Morgan fingerprint density at radius 2 is 0.918 bits per heavy atom. The maximum Gasteiger partial charge on any atom is 0.335 e. The second kappa shape index (κ2) is 20.9. The summed E-state index contributed by atoms with van der Waals surface area (Å²) in [6.45, 7) is 37.5. The van der Waals surface area contributed by atoms with E-state index in [1.54, 1.807) is 11.6 Å². The molecule has 4 fully saturated rings. The van der Waals surface area contributed by atoms with Crippen molar-refractivity contribution in [2.45, 2.75) is 217 Å². The van der Waals surface area contributed by atoms with Crippen LogP contribution in [0.5, 0.6) is 0 Å². The summed E-state index contributed by atoms with van der Waals surface area (Å²) in [7, 11) is -9.85. The van der Waals surface area contributed by atoms with Crippen LogP contribution in [0.1, 0.15) is 137 Å². The van der Waals surface area contributed by atoms with E-state index in [2.05, 4.69) is 146 Å². The summed E-state index contributed by atoms with van der Waals surface area (Å²) < 4.78 is 91.7. The van der Waals surface area contributed by atoms with Crippen molar-refractivity contribution >= 4 is 85.9 Å². The lowest BCUT2D eigenvalue weighted by atomic mass is 9.98. The van der Waals surface area contributed by atoms with Gasteiger partial charge in [0.15, 0.2) is 51.6 Å². The van der Waals surface area contributed by atoms with E-state index >= 15 is 8.78 Å². The topological polar surface area (TPSA) is 225 Å². The van der Waals surface area contributed by atoms with Crippen LogP contribution < -0.4 is 16.8 Å². The summed E-state index contributed by atoms with van der Waals surface area (Å²) in [5.74, 6) is 0.504. The molecule has 4 aromatic heterocycles. The van der Waals surface area contributed by atoms with Gasteiger partial charge in [-0.15, -0.1) is 0 Å². The number of rotatable bonds is 11. The Bertz CT molecular complexity index is 2560. The summed E-state index contributed by atoms with van der Waals surface area (Å²) in [4.78, 5) is 25.5. The Morgan fingerprint density at radius 3 is 1.27 bits per heavy atom. The largest absolute Gasteiger partial charge is 0.414 e. The summed E-state index contributed by atoms with van der Waals surface area (Å²) in [5, 5.41) is 3.08. The van der Waals surface area contributed by atoms with Crippen LogP contribution in [0.25, 0.3) is 22.3 Å². The van der Waals surface area contributed by atoms with E-state index in [1.807, 2.05) is 0 Å². The smallest absolute Gasteiger partial charge is 0.335 e. The Hall–Kier alpha value is -2.80. The van der Waals surface area contributed by atoms with Crippen LogP contribution in [0.2, 0.25) is 49.5 Å². The number of aromatic nitrogens is 8. The molecule has 0 bridgehead atoms. The fourth-order valence-electron chi connectivity index (χ4n) is 11.7. The molecule has 73 heavy (non-hydrogen) atoms. The van der Waals surface area contributed by atoms with Crippen LogP contribution in [0.4, 0.5) is 26.5 Å². The van der Waals surface area contributed by atoms with E-state index in [0.717, 1.165) is 0 Å². The first-order valence-electron chi connectivity index (χ1n) is 25.9. The maximum atomic E-state index is 17.0. The fourth-order valence-corrected chi connectivity index (χ4v) is 34.4. The average Bonchev–Trinajstić information content (AvgIpc) is 4.00. The van der Waals surface area contributed by atoms with E-state index in [4.69, 9.17) is 58.5 Å². The van der Waals surface area contributed by atoms with Crippen molar-refractivity contribution in [1.29, 1.82) is 0 Å². The molecule has 0 aromatic carbocycles. The van der Waals surface area contributed by atoms with Gasteiger partial charge < -0.3 is 52.2 Å². The van der Waals surface area contributed by atoms with Gasteiger partial charge >= 0.3 is 34.2 Å². The van der Waals surface area contributed by atoms with Crippen LogP contribution in [-0.4, -0.2) is 129 Å². The minimum atomic E-state index is -3.02. The van der Waals surface area contributed by atoms with Crippen molar-refractivity contribution in [3.05, 3.63) is 17.8 Å². The first-order valence-corrected chi connectivity index (χ1v) is 34.2. The number of halogens is 3. The summed E-state index contributed by atoms with van der Waals surface area (Å²) in [5.41, 5.74) is 10.4. The maximum absolute atomic E-state index is 17.0. The zero-order chi connectivity index (χ0) is 54.3. The molecule has 8 heterocycles. The van der Waals surface area contributed by atoms with Crippen molar-refractivity contribution in [3.8, 4) is 0 Å². The van der Waals surface area contributed by atoms with Crippen molar-refractivity contribution in [3.63, 3.8) is 0 Å². The molecular formula is C47H82ClF2N11O8Si4. The van der Waals surface area contributed by atoms with Gasteiger partial charge in [-0.3, -0.25) is 9.13 Å². The standard InChI is InChI=1S/C24H43FN6O4Si2.C23H39ClFN5O4Si2/c1-13(2)36(14(3)4)32-11-17-19(34-37(35-36,15(5)6)16(7)8)24(9,25)22(33-17)31-12-28-18-20(27-10)29-23(26)30-21(18)31;1-12(2)35(13(3)4)31-10-16-18(33-36(34-35,14(5)6)15(7)8)23(9,25)21(32-16)30-11-27-17-19(24)28-22(26)29-20(17)30/h12-17,19,22H,11H2,1-10H3,(H3,26,27,29,30);11-16,18,21H,10H2,1-9H3,(H2,26,28,29)/t17-,19-,22-,24-;16-,18-,21-,23-/m11/s1. The molecule has 0 unspecified atom stereocenters. The zero-order valence-corrected chi connectivity index (χ0v) is 51.0. The number of nitrogen functional groups attached to an aromatic ring is 2. The third-order valence-electron chi connectivity index (χ3n) is 15.6. The van der Waals surface area contributed by atoms with Crippen molar-refractivity contribution in [1.82, 2.24) is 39.0 Å². The molecule has 8 atom stereocenters. The second-order valence-electron chi connectivity index (χ2n) is 23.1. The molecule has 4 aliphatic heterocycles. The van der Waals surface area contributed by atoms with Crippen molar-refractivity contribution in [2.75, 3.05) is 37.0 Å². The molecule has 8 rings (SSSR count). The molecule has 26 heteroatoms. The highest BCUT2D eigenvalue weighted by atomic mass is 35.5. The van der Waals surface area contributed by atoms with Crippen molar-refractivity contribution in [2.24, 2.45) is 0 Å². The van der Waals surface area contributed by atoms with Crippen LogP contribution in [0.15, 0.2) is 12.7 Å². The highest BCUT2D eigenvalue weighted by Gasteiger charge is 2.67. The molecule has 0 aliphatic carbocycles. The van der Waals surface area contributed by atoms with Crippen LogP contribution in [0.3, 0.4) is 0 Å². The summed E-state index contributed by atoms with van der Waals surface area (Å²) >= 11 is 6.22. The van der Waals surface area contributed by atoms with E-state index in [-0.39, 0.29) is 74.6 Å². The lowest BCUT2D eigenvalue weighted by molar-refractivity contribution is -0.0594. The Labute approximate surface area is 439 Å². The summed E-state index contributed by atoms with van der Waals surface area (Å²) in [6, 6.07) is 0. The third-order valence-corrected chi connectivity index (χ3v) is 36.3. The van der Waals surface area contributed by atoms with Gasteiger partial charge in [-0.1, -0.05) is 122 Å². The molecular weight excluding hydrogens is 1030 g/mol. The molecule has 0 saturated carbocycles. The predicted molar refractivity (Wildman–Crippen MR) is 288 cm³/mol. The quantitative estimate of drug-likeness (QED) is 0.0938. The molecule has 5 N–H and O–H groups in total. The molecule has 0 spiro atoms. The number of nitrogens with one attached hydrogen (secondary N) is 1. The highest BCUT2D eigenvalue weighted by Crippen LogP contribution is 2.54. The van der Waals surface area contributed by atoms with E-state index in [0.29, 0.717) is 28.1 Å². The number of nitrogens with two attached hydrogens (primary N) is 2. The molecule has 410 valence electrons. The normalized spacial score (nSPS) is 30.1. The van der Waals surface area contributed by atoms with Gasteiger partial charge in [-0.25, -0.2) is 18.7 Å². The lowest BCUT2D eigenvalue weighted by Gasteiger charge is -2.51. The number of hydrogen-bond acceptors (Lipinski definition) is 17. The van der Waals surface area contributed by atoms with Gasteiger partial charge in [0.2, 0.25) is 11.9 Å². The minimum absolute atomic E-state index is 0.0255. The Kier molecular flexibility index (Phi) is 16.5. The average molecular weight is 1120 g/mol. The van der Waals surface area contributed by atoms with E-state index < -0.39 is 82.5 Å². The lowest BCUT2D eigenvalue weighted by Crippen LogP contribution is -2.66. The second-order valence-corrected chi connectivity index (χ2v) is 41.1. The van der Waals surface area contributed by atoms with Gasteiger partial charge in [0.1, 0.15) is 29.9 Å². The molecule has 4 aliphatic rings. The van der Waals surface area contributed by atoms with Crippen LogP contribution in [0, 0.1) is 0 Å². The van der Waals surface area contributed by atoms with Crippen LogP contribution >= 0.6 is 11.6 Å². The first-order chi connectivity index (χ1) is 33.9. The van der Waals surface area contributed by atoms with Crippen LogP contribution in [-0.2, 0) is 35.4 Å². The number of nitrogens with zero attached hydrogens (tertiary/aromatic N) is 8. The van der Waals surface area contributed by atoms with Crippen molar-refractivity contribution < 1.29 is 44.2 Å². The van der Waals surface area contributed by atoms with Gasteiger partial charge in [0.05, 0.1) is 25.9 Å². The molecule has 0 amide bonds. The number of imidazole rings is 2. The minimum Gasteiger partial charge on any atom is -0.414 e. The fraction of sp³-hybridized carbons (Fsp3) is 0.787. The Balaban J connectivity index is 0.000000214. The number of anilines is 3. The first kappa shape index (κ1) is 57.9. The van der Waals surface area contributed by atoms with Gasteiger partial charge in [-0.2, -0.15) is 19.9 Å². The van der Waals surface area contributed by atoms with E-state index in [1.165, 1.54) is 31.1 Å². The molecule has 4 saturated heterocycles. The number of fused-ring (bicyclic) bond motifs is 4. The zero-order valence-electron chi connectivity index (χ0n) is 46.3. The predicted octanol–water partition coefficient (Wildman–Crippen LogP) is 10.7. The molecule has 0 radical (unpaired) electrons. The summed E-state index contributed by atoms with van der Waals surface area (Å²) in [6.07, 6.45) is -2.21. The molecule has 19 nitrogen and oxygen atoms in total. The SMILES string of the molecule is CC(C)[Si]1(C(C)C)OC[C@H]2O[C@@H](n3cnc4c(Cl)nc(N)nc43)[C@](C)(F)[C@@H]2O[Si](C(C)C)(C(C)C)O1.CNc1nc(N)nc2c1ncn2[C@@H]1O[C@@H]2CO[Si](C(C)C)(C(C)C)O[Si](C(C)C)(C(C)C)O[C@H]2[C@@]1(C)F. The third kappa shape index (κ3) is 9.73. The highest BCUT2D eigenvalue weighted by molar-refractivity contribution is 6.84. The van der Waals surface area contributed by atoms with E-state index in [9.17, 15) is 0 Å². The number of ether oxygens (including phenoxy) is 2. The van der Waals surface area contributed by atoms with Gasteiger partial charge in [0.25, 0.3) is 0 Å². The Morgan fingerprint density at radius 1 is 0.575 bits per heavy atom. The monoisotopic (exact) mass is 1110 g/mol. The van der Waals surface area contributed by atoms with Gasteiger partial charge in [-0.05, 0) is 58.2 Å². The van der Waals surface area contributed by atoms with Gasteiger partial charge in [0, 0.05) is 7.05 Å².